The zero-order chi connectivity index (χ0) is 27.1. The van der Waals surface area contributed by atoms with Gasteiger partial charge in [0.2, 0.25) is 0 Å². The maximum atomic E-state index is 11.5. The molecule has 1 aliphatic heterocycles. The van der Waals surface area contributed by atoms with Gasteiger partial charge in [-0.25, -0.2) is 4.31 Å². The molecule has 0 spiro atoms. The molecule has 38 heavy (non-hydrogen) atoms. The van der Waals surface area contributed by atoms with E-state index in [4.69, 9.17) is 16.3 Å². The molecular weight excluding hydrogens is 520 g/mol. The van der Waals surface area contributed by atoms with Gasteiger partial charge in [-0.2, -0.15) is 0 Å². The fraction of sp³-hybridized carbons (Fsp3) is 0.400. The van der Waals surface area contributed by atoms with Crippen molar-refractivity contribution >= 4 is 22.9 Å². The highest BCUT2D eigenvalue weighted by atomic mass is 35.5. The predicted octanol–water partition coefficient (Wildman–Crippen LogP) is 4.81. The van der Waals surface area contributed by atoms with Gasteiger partial charge in [0.05, 0.1) is 12.7 Å². The van der Waals surface area contributed by atoms with Crippen LogP contribution in [0.5, 0.6) is 5.75 Å². The van der Waals surface area contributed by atoms with Crippen molar-refractivity contribution in [2.45, 2.75) is 36.2 Å². The van der Waals surface area contributed by atoms with Crippen LogP contribution in [0.3, 0.4) is 0 Å². The Labute approximate surface area is 232 Å². The summed E-state index contributed by atoms with van der Waals surface area (Å²) in [4.78, 5) is 2.54. The number of aliphatic hydroxyl groups is 1. The monoisotopic (exact) mass is 553 g/mol. The van der Waals surface area contributed by atoms with Crippen LogP contribution in [0.1, 0.15) is 53.0 Å². The number of ether oxygens (including phenoxy) is 1. The fourth-order valence-electron chi connectivity index (χ4n) is 6.58. The molecule has 8 heteroatoms. The zero-order valence-electron chi connectivity index (χ0n) is 22.0. The highest BCUT2D eigenvalue weighted by Crippen LogP contribution is 2.60. The minimum Gasteiger partial charge on any atom is -0.760 e. The van der Waals surface area contributed by atoms with Gasteiger partial charge in [-0.3, -0.25) is 4.21 Å². The average Bonchev–Trinajstić information content (AvgIpc) is 3.42. The van der Waals surface area contributed by atoms with Crippen molar-refractivity contribution in [2.75, 3.05) is 40.8 Å². The third-order valence-electron chi connectivity index (χ3n) is 8.39. The Bertz CT molecular complexity index is 1340. The molecule has 6 nitrogen and oxygen atoms in total. The van der Waals surface area contributed by atoms with Crippen LogP contribution in [0.25, 0.3) is 0 Å². The van der Waals surface area contributed by atoms with E-state index in [0.29, 0.717) is 18.8 Å². The van der Waals surface area contributed by atoms with Crippen molar-refractivity contribution in [3.63, 3.8) is 0 Å². The third-order valence-corrected chi connectivity index (χ3v) is 9.23. The molecule has 3 aliphatic rings. The van der Waals surface area contributed by atoms with Crippen LogP contribution in [0, 0.1) is 0 Å². The Morgan fingerprint density at radius 1 is 1.03 bits per heavy atom. The van der Waals surface area contributed by atoms with E-state index in [-0.39, 0.29) is 5.41 Å². The van der Waals surface area contributed by atoms with Gasteiger partial charge in [-0.05, 0) is 73.8 Å². The number of halogens is 1. The first-order chi connectivity index (χ1) is 18.2. The van der Waals surface area contributed by atoms with E-state index in [0.717, 1.165) is 46.7 Å². The summed E-state index contributed by atoms with van der Waals surface area (Å²) in [6, 6.07) is 23.3. The molecule has 3 unspecified atom stereocenters. The minimum atomic E-state index is -2.03. The molecule has 202 valence electrons. The van der Waals surface area contributed by atoms with Gasteiger partial charge in [0, 0.05) is 52.8 Å². The molecule has 1 fully saturated rings. The molecule has 2 aliphatic carbocycles. The molecule has 1 heterocycles. The summed E-state index contributed by atoms with van der Waals surface area (Å²) in [5.41, 5.74) is 5.84. The van der Waals surface area contributed by atoms with Crippen LogP contribution in [0.4, 0.5) is 0 Å². The highest BCUT2D eigenvalue weighted by molar-refractivity contribution is 7.76. The quantitative estimate of drug-likeness (QED) is 0.459. The molecule has 3 atom stereocenters. The van der Waals surface area contributed by atoms with Gasteiger partial charge >= 0.3 is 0 Å². The Morgan fingerprint density at radius 3 is 2.29 bits per heavy atom. The van der Waals surface area contributed by atoms with Gasteiger partial charge in [-0.15, -0.1) is 0 Å². The summed E-state index contributed by atoms with van der Waals surface area (Å²) in [6.07, 6.45) is 2.53. The fourth-order valence-corrected chi connectivity index (χ4v) is 6.75. The van der Waals surface area contributed by atoms with E-state index >= 15 is 0 Å². The zero-order valence-corrected chi connectivity index (χ0v) is 23.6. The number of methoxy groups -OCH3 is 1. The van der Waals surface area contributed by atoms with E-state index in [1.807, 2.05) is 30.3 Å². The standard InChI is InChI=1S/C28H28ClNO2.C2H7NO2S/c1-32-26-9-5-4-8-24(26)28(31)12-14-30(15-13-28)18-27-17-22(20-6-2-3-7-23(20)27)21-11-10-19(29)16-25(21)27;1-3(2)6(4)5/h2-11,16,22,31H,12-15,17-18H2,1H3;1-2H3,(H,4,5)/p-1. The topological polar surface area (TPSA) is 76.1 Å². The van der Waals surface area contributed by atoms with Crippen molar-refractivity contribution < 1.29 is 18.6 Å². The normalized spacial score (nSPS) is 23.8. The van der Waals surface area contributed by atoms with E-state index in [1.165, 1.54) is 36.3 Å². The molecule has 0 radical (unpaired) electrons. The van der Waals surface area contributed by atoms with Gasteiger partial charge in [0.1, 0.15) is 5.75 Å². The van der Waals surface area contributed by atoms with E-state index in [9.17, 15) is 13.9 Å². The minimum absolute atomic E-state index is 0.0125. The van der Waals surface area contributed by atoms with Gasteiger partial charge < -0.3 is 19.3 Å². The molecule has 3 aromatic carbocycles. The van der Waals surface area contributed by atoms with Crippen molar-refractivity contribution in [3.8, 4) is 5.75 Å². The molecule has 0 aromatic heterocycles. The lowest BCUT2D eigenvalue weighted by Gasteiger charge is -2.43. The molecule has 1 N–H and O–H groups in total. The molecule has 0 amide bonds. The molecule has 6 rings (SSSR count). The van der Waals surface area contributed by atoms with Gasteiger partial charge in [-0.1, -0.05) is 60.1 Å². The van der Waals surface area contributed by atoms with Crippen molar-refractivity contribution in [2.24, 2.45) is 0 Å². The van der Waals surface area contributed by atoms with Gasteiger partial charge in [0.25, 0.3) is 0 Å². The number of nitrogens with zero attached hydrogens (tertiary/aromatic N) is 2. The average molecular weight is 554 g/mol. The van der Waals surface area contributed by atoms with E-state index in [2.05, 4.69) is 41.3 Å². The highest BCUT2D eigenvalue weighted by Gasteiger charge is 2.53. The number of para-hydroxylation sites is 1. The van der Waals surface area contributed by atoms with Crippen molar-refractivity contribution in [3.05, 3.63) is 99.6 Å². The molecule has 2 bridgehead atoms. The summed E-state index contributed by atoms with van der Waals surface area (Å²) in [7, 11) is 4.60. The first-order valence-corrected chi connectivity index (χ1v) is 14.3. The summed E-state index contributed by atoms with van der Waals surface area (Å²) < 4.78 is 25.9. The van der Waals surface area contributed by atoms with E-state index in [1.54, 1.807) is 7.11 Å². The number of benzene rings is 3. The van der Waals surface area contributed by atoms with Crippen LogP contribution >= 0.6 is 11.6 Å². The number of fused-ring (bicyclic) bond motifs is 8. The second-order valence-electron chi connectivity index (χ2n) is 10.7. The lowest BCUT2D eigenvalue weighted by Crippen LogP contribution is -2.47. The Morgan fingerprint density at radius 2 is 1.63 bits per heavy atom. The van der Waals surface area contributed by atoms with Crippen LogP contribution < -0.4 is 4.74 Å². The summed E-state index contributed by atoms with van der Waals surface area (Å²) in [5.74, 6) is 1.24. The Kier molecular flexibility index (Phi) is 7.70. The van der Waals surface area contributed by atoms with Crippen LogP contribution in [0.2, 0.25) is 5.02 Å². The van der Waals surface area contributed by atoms with Crippen LogP contribution in [-0.2, 0) is 22.3 Å². The molecule has 1 saturated heterocycles. The number of hydrogen-bond acceptors (Lipinski definition) is 5. The largest absolute Gasteiger partial charge is 0.760 e. The smallest absolute Gasteiger partial charge is 0.124 e. The maximum Gasteiger partial charge on any atom is 0.124 e. The first kappa shape index (κ1) is 27.3. The van der Waals surface area contributed by atoms with Crippen molar-refractivity contribution in [1.82, 2.24) is 9.21 Å². The molecular formula is C30H34ClN2O4S-. The van der Waals surface area contributed by atoms with Crippen LogP contribution in [0.15, 0.2) is 66.7 Å². The lowest BCUT2D eigenvalue weighted by molar-refractivity contribution is -0.0304. The Hall–Kier alpha value is -2.26. The first-order valence-electron chi connectivity index (χ1n) is 12.9. The predicted molar refractivity (Wildman–Crippen MR) is 150 cm³/mol. The number of likely N-dealkylation sites (tertiary alicyclic amines) is 1. The summed E-state index contributed by atoms with van der Waals surface area (Å²) in [6.45, 7) is 2.69. The third kappa shape index (κ3) is 4.81. The number of rotatable bonds is 5. The maximum absolute atomic E-state index is 11.5. The van der Waals surface area contributed by atoms with Crippen LogP contribution in [-0.4, -0.2) is 63.9 Å². The number of hydrogen-bond donors (Lipinski definition) is 1. The molecule has 3 aromatic rings. The van der Waals surface area contributed by atoms with Crippen molar-refractivity contribution in [1.29, 1.82) is 0 Å². The van der Waals surface area contributed by atoms with Gasteiger partial charge in [0.15, 0.2) is 0 Å². The summed E-state index contributed by atoms with van der Waals surface area (Å²) in [5, 5.41) is 12.3. The van der Waals surface area contributed by atoms with E-state index < -0.39 is 16.9 Å². The molecule has 0 saturated carbocycles. The SMILES string of the molecule is CN(C)S(=O)[O-].COc1ccccc1C1(O)CCN(CC23CC(c4ccccc42)c2ccc(Cl)cc23)CC1. The second kappa shape index (κ2) is 10.7. The lowest BCUT2D eigenvalue weighted by atomic mass is 9.74. The summed E-state index contributed by atoms with van der Waals surface area (Å²) >= 11 is 4.43. The number of piperidine rings is 1. The Balaban J connectivity index is 0.000000443. The second-order valence-corrected chi connectivity index (χ2v) is 12.3.